The molecule has 1 aromatic heterocycles. The molecule has 0 saturated carbocycles. The van der Waals surface area contributed by atoms with Gasteiger partial charge in [-0.15, -0.1) is 0 Å². The molecule has 0 fully saturated rings. The van der Waals surface area contributed by atoms with Gasteiger partial charge >= 0.3 is 0 Å². The summed E-state index contributed by atoms with van der Waals surface area (Å²) in [6.07, 6.45) is 0. The van der Waals surface area contributed by atoms with Crippen molar-refractivity contribution >= 4 is 16.9 Å². The molecule has 2 aromatic carbocycles. The average molecular weight is 287 g/mol. The molecule has 4 N–H and O–H groups in total. The number of fused-ring (bicyclic) bond motifs is 1. The first kappa shape index (κ1) is 13.1. The van der Waals surface area contributed by atoms with Gasteiger partial charge < -0.3 is 10.1 Å². The Morgan fingerprint density at radius 2 is 2.10 bits per heavy atom. The topological polar surface area (TPSA) is 98.2 Å². The van der Waals surface area contributed by atoms with Gasteiger partial charge in [0.05, 0.1) is 16.6 Å². The van der Waals surface area contributed by atoms with Crippen LogP contribution in [0.15, 0.2) is 36.4 Å². The summed E-state index contributed by atoms with van der Waals surface area (Å²) in [7, 11) is 0. The van der Waals surface area contributed by atoms with Crippen LogP contribution in [0.25, 0.3) is 22.4 Å². The molecule has 0 aliphatic rings. The summed E-state index contributed by atoms with van der Waals surface area (Å²) in [5.41, 5.74) is 3.07. The zero-order valence-electron chi connectivity index (χ0n) is 10.6. The predicted molar refractivity (Wildman–Crippen MR) is 72.4 cm³/mol. The van der Waals surface area contributed by atoms with Gasteiger partial charge in [-0.2, -0.15) is 0 Å². The van der Waals surface area contributed by atoms with Gasteiger partial charge in [0, 0.05) is 5.56 Å². The van der Waals surface area contributed by atoms with E-state index in [2.05, 4.69) is 9.97 Å². The molecule has 0 atom stereocenters. The number of para-hydroxylation sites is 1. The summed E-state index contributed by atoms with van der Waals surface area (Å²) in [5.74, 6) is -1.61. The highest BCUT2D eigenvalue weighted by Gasteiger charge is 2.13. The highest BCUT2D eigenvalue weighted by Crippen LogP contribution is 2.30. The number of aromatic nitrogens is 2. The number of nitrogens with zero attached hydrogens (tertiary/aromatic N) is 1. The Balaban J connectivity index is 2.13. The van der Waals surface area contributed by atoms with E-state index < -0.39 is 17.5 Å². The van der Waals surface area contributed by atoms with Gasteiger partial charge in [-0.3, -0.25) is 10.0 Å². The van der Waals surface area contributed by atoms with Gasteiger partial charge in [0.2, 0.25) is 0 Å². The highest BCUT2D eigenvalue weighted by molar-refractivity contribution is 5.97. The van der Waals surface area contributed by atoms with Crippen LogP contribution in [-0.2, 0) is 0 Å². The zero-order chi connectivity index (χ0) is 15.0. The summed E-state index contributed by atoms with van der Waals surface area (Å²) >= 11 is 0. The number of aromatic amines is 1. The maximum atomic E-state index is 13.4. The predicted octanol–water partition coefficient (Wildman–Crippen LogP) is 2.19. The van der Waals surface area contributed by atoms with E-state index in [-0.39, 0.29) is 17.0 Å². The molecule has 1 heterocycles. The number of benzene rings is 2. The Kier molecular flexibility index (Phi) is 3.03. The molecule has 0 bridgehead atoms. The third kappa shape index (κ3) is 2.19. The molecule has 0 aliphatic heterocycles. The first-order valence-electron chi connectivity index (χ1n) is 6.02. The van der Waals surface area contributed by atoms with E-state index in [0.29, 0.717) is 11.0 Å². The molecule has 7 heteroatoms. The van der Waals surface area contributed by atoms with E-state index in [0.717, 1.165) is 6.07 Å². The van der Waals surface area contributed by atoms with Crippen molar-refractivity contribution in [1.82, 2.24) is 15.4 Å². The van der Waals surface area contributed by atoms with Crippen molar-refractivity contribution in [1.29, 1.82) is 0 Å². The number of phenolic OH excluding ortho intramolecular Hbond substituents is 1. The number of halogens is 1. The molecule has 106 valence electrons. The molecule has 6 nitrogen and oxygen atoms in total. The fourth-order valence-corrected chi connectivity index (χ4v) is 2.05. The number of amides is 1. The Morgan fingerprint density at radius 3 is 2.86 bits per heavy atom. The standard InChI is InChI=1S/C14H10FN3O3/c15-9-3-1-2-8(12(9)19)13-16-10-5-4-7(14(20)18-21)6-11(10)17-13/h1-6,19,21H,(H,16,17)(H,18,20). The van der Waals surface area contributed by atoms with Crippen molar-refractivity contribution in [3.63, 3.8) is 0 Å². The van der Waals surface area contributed by atoms with Crippen LogP contribution in [0.3, 0.4) is 0 Å². The van der Waals surface area contributed by atoms with Crippen molar-refractivity contribution in [2.75, 3.05) is 0 Å². The lowest BCUT2D eigenvalue weighted by Gasteiger charge is -2.01. The first-order chi connectivity index (χ1) is 10.1. The Hall–Kier alpha value is -2.93. The summed E-state index contributed by atoms with van der Waals surface area (Å²) in [6, 6.07) is 8.69. The Bertz CT molecular complexity index is 845. The second-order valence-corrected chi connectivity index (χ2v) is 4.39. The maximum absolute atomic E-state index is 13.4. The minimum absolute atomic E-state index is 0.222. The number of phenols is 1. The van der Waals surface area contributed by atoms with Crippen molar-refractivity contribution in [2.24, 2.45) is 0 Å². The molecular weight excluding hydrogens is 277 g/mol. The number of aromatic hydroxyl groups is 1. The molecule has 0 aliphatic carbocycles. The van der Waals surface area contributed by atoms with E-state index in [1.807, 2.05) is 0 Å². The fourth-order valence-electron chi connectivity index (χ4n) is 2.05. The van der Waals surface area contributed by atoms with Crippen LogP contribution in [0.5, 0.6) is 5.75 Å². The summed E-state index contributed by atoms with van der Waals surface area (Å²) in [5, 5.41) is 18.3. The lowest BCUT2D eigenvalue weighted by Crippen LogP contribution is -2.18. The number of hydrogen-bond acceptors (Lipinski definition) is 4. The van der Waals surface area contributed by atoms with Crippen LogP contribution in [-0.4, -0.2) is 26.2 Å². The molecule has 1 amide bonds. The monoisotopic (exact) mass is 287 g/mol. The second-order valence-electron chi connectivity index (χ2n) is 4.39. The molecule has 3 rings (SSSR count). The second kappa shape index (κ2) is 4.88. The molecular formula is C14H10FN3O3. The van der Waals surface area contributed by atoms with Crippen molar-refractivity contribution in [2.45, 2.75) is 0 Å². The number of rotatable bonds is 2. The van der Waals surface area contributed by atoms with E-state index in [4.69, 9.17) is 5.21 Å². The number of carbonyl (C=O) groups excluding carboxylic acids is 1. The van der Waals surface area contributed by atoms with Crippen LogP contribution in [0.4, 0.5) is 4.39 Å². The van der Waals surface area contributed by atoms with Gasteiger partial charge in [0.1, 0.15) is 5.82 Å². The zero-order valence-corrected chi connectivity index (χ0v) is 10.6. The van der Waals surface area contributed by atoms with Gasteiger partial charge in [-0.05, 0) is 30.3 Å². The molecule has 21 heavy (non-hydrogen) atoms. The highest BCUT2D eigenvalue weighted by atomic mass is 19.1. The Morgan fingerprint density at radius 1 is 1.29 bits per heavy atom. The number of H-pyrrole nitrogens is 1. The number of hydroxylamine groups is 1. The minimum atomic E-state index is -0.742. The van der Waals surface area contributed by atoms with Crippen LogP contribution >= 0.6 is 0 Å². The summed E-state index contributed by atoms with van der Waals surface area (Å²) in [4.78, 5) is 18.5. The normalized spacial score (nSPS) is 10.8. The number of hydrogen-bond donors (Lipinski definition) is 4. The van der Waals surface area contributed by atoms with E-state index in [1.165, 1.54) is 29.7 Å². The van der Waals surface area contributed by atoms with Crippen LogP contribution < -0.4 is 5.48 Å². The average Bonchev–Trinajstić information content (AvgIpc) is 2.91. The third-order valence-electron chi connectivity index (χ3n) is 3.09. The van der Waals surface area contributed by atoms with Gasteiger partial charge in [-0.1, -0.05) is 6.07 Å². The van der Waals surface area contributed by atoms with Gasteiger partial charge in [-0.25, -0.2) is 14.9 Å². The van der Waals surface area contributed by atoms with Crippen LogP contribution in [0.2, 0.25) is 0 Å². The summed E-state index contributed by atoms with van der Waals surface area (Å²) < 4.78 is 13.4. The smallest absolute Gasteiger partial charge is 0.274 e. The van der Waals surface area contributed by atoms with Crippen molar-refractivity contribution in [3.8, 4) is 17.1 Å². The molecule has 3 aromatic rings. The lowest BCUT2D eigenvalue weighted by atomic mass is 10.2. The number of imidazole rings is 1. The molecule has 0 unspecified atom stereocenters. The molecule has 0 saturated heterocycles. The number of nitrogens with one attached hydrogen (secondary N) is 2. The fraction of sp³-hybridized carbons (Fsp3) is 0. The van der Waals surface area contributed by atoms with E-state index in [9.17, 15) is 14.3 Å². The Labute approximate surface area is 117 Å². The number of carbonyl (C=O) groups is 1. The SMILES string of the molecule is O=C(NO)c1ccc2nc(-c3cccc(F)c3O)[nH]c2c1. The van der Waals surface area contributed by atoms with Crippen LogP contribution in [0, 0.1) is 5.82 Å². The summed E-state index contributed by atoms with van der Waals surface area (Å²) in [6.45, 7) is 0. The van der Waals surface area contributed by atoms with E-state index >= 15 is 0 Å². The van der Waals surface area contributed by atoms with Crippen molar-refractivity contribution < 1.29 is 19.5 Å². The third-order valence-corrected chi connectivity index (χ3v) is 3.09. The van der Waals surface area contributed by atoms with Gasteiger partial charge in [0.25, 0.3) is 5.91 Å². The quantitative estimate of drug-likeness (QED) is 0.429. The van der Waals surface area contributed by atoms with E-state index in [1.54, 1.807) is 6.07 Å². The first-order valence-corrected chi connectivity index (χ1v) is 6.02. The lowest BCUT2D eigenvalue weighted by molar-refractivity contribution is 0.0706. The molecule has 0 spiro atoms. The van der Waals surface area contributed by atoms with Crippen molar-refractivity contribution in [3.05, 3.63) is 47.8 Å². The largest absolute Gasteiger partial charge is 0.504 e. The van der Waals surface area contributed by atoms with Gasteiger partial charge in [0.15, 0.2) is 11.6 Å². The molecule has 0 radical (unpaired) electrons. The minimum Gasteiger partial charge on any atom is -0.504 e. The maximum Gasteiger partial charge on any atom is 0.274 e. The van der Waals surface area contributed by atoms with Crippen LogP contribution in [0.1, 0.15) is 10.4 Å².